The van der Waals surface area contributed by atoms with Crippen LogP contribution in [0.1, 0.15) is 56.3 Å². The van der Waals surface area contributed by atoms with Crippen LogP contribution in [-0.2, 0) is 0 Å². The average Bonchev–Trinajstić information content (AvgIpc) is 2.75. The van der Waals surface area contributed by atoms with Crippen LogP contribution in [0, 0.1) is 0 Å². The lowest BCUT2D eigenvalue weighted by Crippen LogP contribution is -2.37. The van der Waals surface area contributed by atoms with Crippen LogP contribution in [0.4, 0.5) is 11.4 Å². The SMILES string of the molecule is CCCCOc1cccc(C(=O)NC(=S)Nc2ccc(N3CCCC[C@@H]3C)cc2)c1. The van der Waals surface area contributed by atoms with Crippen molar-refractivity contribution < 1.29 is 9.53 Å². The van der Waals surface area contributed by atoms with Crippen LogP contribution in [0.15, 0.2) is 48.5 Å². The van der Waals surface area contributed by atoms with Crippen LogP contribution in [0.2, 0.25) is 0 Å². The summed E-state index contributed by atoms with van der Waals surface area (Å²) in [4.78, 5) is 15.0. The van der Waals surface area contributed by atoms with Crippen molar-refractivity contribution in [1.29, 1.82) is 0 Å². The van der Waals surface area contributed by atoms with E-state index in [1.54, 1.807) is 12.1 Å². The summed E-state index contributed by atoms with van der Waals surface area (Å²) in [6, 6.07) is 15.9. The molecule has 2 N–H and O–H groups in total. The third kappa shape index (κ3) is 6.20. The topological polar surface area (TPSA) is 53.6 Å². The monoisotopic (exact) mass is 425 g/mol. The molecule has 1 atom stereocenters. The third-order valence-electron chi connectivity index (χ3n) is 5.35. The average molecular weight is 426 g/mol. The number of piperidine rings is 1. The number of nitrogens with zero attached hydrogens (tertiary/aromatic N) is 1. The van der Waals surface area contributed by atoms with Gasteiger partial charge in [-0.2, -0.15) is 0 Å². The van der Waals surface area contributed by atoms with E-state index in [0.717, 1.165) is 25.1 Å². The highest BCUT2D eigenvalue weighted by Gasteiger charge is 2.18. The van der Waals surface area contributed by atoms with Gasteiger partial charge in [0.05, 0.1) is 6.61 Å². The van der Waals surface area contributed by atoms with Crippen LogP contribution in [-0.4, -0.2) is 30.2 Å². The molecule has 0 unspecified atom stereocenters. The van der Waals surface area contributed by atoms with E-state index < -0.39 is 0 Å². The minimum atomic E-state index is -0.257. The number of ether oxygens (including phenoxy) is 1. The van der Waals surface area contributed by atoms with Gasteiger partial charge in [-0.3, -0.25) is 10.1 Å². The van der Waals surface area contributed by atoms with Crippen LogP contribution in [0.5, 0.6) is 5.75 Å². The van der Waals surface area contributed by atoms with Gasteiger partial charge in [0.15, 0.2) is 5.11 Å². The standard InChI is InChI=1S/C24H31N3O2S/c1-3-4-16-29-22-10-7-9-19(17-22)23(28)26-24(30)25-20-11-13-21(14-12-20)27-15-6-5-8-18(27)2/h7,9-14,17-18H,3-6,8,15-16H2,1-2H3,(H2,25,26,28,30)/t18-/m0/s1. The summed E-state index contributed by atoms with van der Waals surface area (Å²) < 4.78 is 5.67. The number of unbranched alkanes of at least 4 members (excludes halogenated alkanes) is 1. The van der Waals surface area contributed by atoms with Crippen LogP contribution >= 0.6 is 12.2 Å². The second kappa shape index (κ2) is 11.0. The van der Waals surface area contributed by atoms with E-state index in [1.807, 2.05) is 24.3 Å². The van der Waals surface area contributed by atoms with Gasteiger partial charge in [0, 0.05) is 29.5 Å². The molecule has 1 heterocycles. The smallest absolute Gasteiger partial charge is 0.257 e. The number of carbonyl (C=O) groups excluding carboxylic acids is 1. The first-order chi connectivity index (χ1) is 14.6. The van der Waals surface area contributed by atoms with Crippen molar-refractivity contribution in [3.8, 4) is 5.75 Å². The van der Waals surface area contributed by atoms with Crippen molar-refractivity contribution in [2.75, 3.05) is 23.4 Å². The molecule has 2 aromatic rings. The maximum absolute atomic E-state index is 12.5. The quantitative estimate of drug-likeness (QED) is 0.461. The predicted octanol–water partition coefficient (Wildman–Crippen LogP) is 5.37. The summed E-state index contributed by atoms with van der Waals surface area (Å²) >= 11 is 5.32. The number of rotatable bonds is 7. The Morgan fingerprint density at radius 2 is 2.00 bits per heavy atom. The first-order valence-corrected chi connectivity index (χ1v) is 11.2. The Morgan fingerprint density at radius 1 is 1.20 bits per heavy atom. The number of thiocarbonyl (C=S) groups is 1. The molecule has 1 saturated heterocycles. The highest BCUT2D eigenvalue weighted by molar-refractivity contribution is 7.80. The number of amides is 1. The second-order valence-electron chi connectivity index (χ2n) is 7.72. The Hall–Kier alpha value is -2.60. The van der Waals surface area contributed by atoms with Crippen molar-refractivity contribution in [3.05, 3.63) is 54.1 Å². The zero-order valence-electron chi connectivity index (χ0n) is 17.8. The Bertz CT molecular complexity index is 854. The zero-order valence-corrected chi connectivity index (χ0v) is 18.6. The summed E-state index contributed by atoms with van der Waals surface area (Å²) in [5.41, 5.74) is 2.59. The molecule has 1 amide bonds. The van der Waals surface area contributed by atoms with Gasteiger partial charge >= 0.3 is 0 Å². The Labute approximate surface area is 184 Å². The molecular weight excluding hydrogens is 394 g/mol. The van der Waals surface area contributed by atoms with Gasteiger partial charge in [-0.05, 0) is 87.3 Å². The summed E-state index contributed by atoms with van der Waals surface area (Å²) in [5, 5.41) is 6.10. The van der Waals surface area contributed by atoms with Gasteiger partial charge in [0.2, 0.25) is 0 Å². The molecule has 1 aliphatic heterocycles. The highest BCUT2D eigenvalue weighted by atomic mass is 32.1. The highest BCUT2D eigenvalue weighted by Crippen LogP contribution is 2.25. The summed E-state index contributed by atoms with van der Waals surface area (Å²) in [5.74, 6) is 0.435. The lowest BCUT2D eigenvalue weighted by molar-refractivity contribution is 0.0977. The molecule has 5 nitrogen and oxygen atoms in total. The molecule has 0 saturated carbocycles. The predicted molar refractivity (Wildman–Crippen MR) is 128 cm³/mol. The van der Waals surface area contributed by atoms with Gasteiger partial charge in [-0.15, -0.1) is 0 Å². The third-order valence-corrected chi connectivity index (χ3v) is 5.55. The van der Waals surface area contributed by atoms with Gasteiger partial charge in [0.25, 0.3) is 5.91 Å². The second-order valence-corrected chi connectivity index (χ2v) is 8.13. The Morgan fingerprint density at radius 3 is 2.73 bits per heavy atom. The number of anilines is 2. The van der Waals surface area contributed by atoms with Gasteiger partial charge in [-0.25, -0.2) is 0 Å². The molecule has 0 bridgehead atoms. The van der Waals surface area contributed by atoms with Gasteiger partial charge < -0.3 is 15.0 Å². The van der Waals surface area contributed by atoms with E-state index in [0.29, 0.717) is 24.0 Å². The number of hydrogen-bond acceptors (Lipinski definition) is 4. The number of hydrogen-bond donors (Lipinski definition) is 2. The summed E-state index contributed by atoms with van der Waals surface area (Å²) in [7, 11) is 0. The van der Waals surface area contributed by atoms with Gasteiger partial charge in [-0.1, -0.05) is 19.4 Å². The van der Waals surface area contributed by atoms with Crippen LogP contribution in [0.25, 0.3) is 0 Å². The molecule has 30 heavy (non-hydrogen) atoms. The van der Waals surface area contributed by atoms with Crippen molar-refractivity contribution in [1.82, 2.24) is 5.32 Å². The maximum Gasteiger partial charge on any atom is 0.257 e. The lowest BCUT2D eigenvalue weighted by atomic mass is 10.0. The molecule has 0 spiro atoms. The molecule has 1 fully saturated rings. The molecule has 160 valence electrons. The van der Waals surface area contributed by atoms with Crippen molar-refractivity contribution in [3.63, 3.8) is 0 Å². The van der Waals surface area contributed by atoms with E-state index in [2.05, 4.69) is 41.5 Å². The van der Waals surface area contributed by atoms with E-state index in [1.165, 1.54) is 24.9 Å². The van der Waals surface area contributed by atoms with Crippen molar-refractivity contribution in [2.24, 2.45) is 0 Å². The number of nitrogens with one attached hydrogen (secondary N) is 2. The summed E-state index contributed by atoms with van der Waals surface area (Å²) in [6.07, 6.45) is 5.84. The van der Waals surface area contributed by atoms with E-state index in [9.17, 15) is 4.79 Å². The van der Waals surface area contributed by atoms with Crippen molar-refractivity contribution in [2.45, 2.75) is 52.0 Å². The number of carbonyl (C=O) groups is 1. The van der Waals surface area contributed by atoms with Gasteiger partial charge in [0.1, 0.15) is 5.75 Å². The maximum atomic E-state index is 12.5. The molecule has 2 aromatic carbocycles. The molecule has 0 aromatic heterocycles. The van der Waals surface area contributed by atoms with Crippen molar-refractivity contribution >= 4 is 34.6 Å². The number of benzene rings is 2. The zero-order chi connectivity index (χ0) is 21.3. The molecular formula is C24H31N3O2S. The first-order valence-electron chi connectivity index (χ1n) is 10.8. The molecule has 1 aliphatic rings. The largest absolute Gasteiger partial charge is 0.494 e. The van der Waals surface area contributed by atoms with Crippen LogP contribution < -0.4 is 20.3 Å². The Balaban J connectivity index is 1.53. The Kier molecular flexibility index (Phi) is 8.08. The fourth-order valence-corrected chi connectivity index (χ4v) is 3.83. The molecule has 6 heteroatoms. The first kappa shape index (κ1) is 22.1. The molecule has 0 aliphatic carbocycles. The fraction of sp³-hybridized carbons (Fsp3) is 0.417. The van der Waals surface area contributed by atoms with E-state index in [-0.39, 0.29) is 11.0 Å². The lowest BCUT2D eigenvalue weighted by Gasteiger charge is -2.35. The van der Waals surface area contributed by atoms with Crippen LogP contribution in [0.3, 0.4) is 0 Å². The molecule has 3 rings (SSSR count). The minimum Gasteiger partial charge on any atom is -0.494 e. The fourth-order valence-electron chi connectivity index (χ4n) is 3.62. The normalized spacial score (nSPS) is 16.1. The summed E-state index contributed by atoms with van der Waals surface area (Å²) in [6.45, 7) is 6.14. The van der Waals surface area contributed by atoms with E-state index in [4.69, 9.17) is 17.0 Å². The van der Waals surface area contributed by atoms with E-state index >= 15 is 0 Å². The molecule has 0 radical (unpaired) electrons. The minimum absolute atomic E-state index is 0.257.